The third kappa shape index (κ3) is 3.29. The van der Waals surface area contributed by atoms with E-state index in [0.29, 0.717) is 8.99 Å². The number of alkyl halides is 3. The Hall–Kier alpha value is -2.62. The van der Waals surface area contributed by atoms with Gasteiger partial charge in [0.15, 0.2) is 5.69 Å². The lowest BCUT2D eigenvalue weighted by atomic mass is 10.1. The first kappa shape index (κ1) is 17.2. The van der Waals surface area contributed by atoms with Crippen LogP contribution in [0.5, 0.6) is 0 Å². The van der Waals surface area contributed by atoms with E-state index in [9.17, 15) is 22.8 Å². The Kier molecular flexibility index (Phi) is 4.15. The second-order valence-electron chi connectivity index (χ2n) is 5.19. The molecule has 2 heterocycles. The molecule has 1 aromatic carbocycles. The number of aromatic amines is 1. The number of hydrogen-bond acceptors (Lipinski definition) is 3. The first-order chi connectivity index (χ1) is 11.7. The number of halogens is 4. The number of fused-ring (bicyclic) bond motifs is 1. The molecule has 0 aliphatic heterocycles. The van der Waals surface area contributed by atoms with Crippen LogP contribution in [0.25, 0.3) is 16.8 Å². The van der Waals surface area contributed by atoms with Crippen LogP contribution < -0.4 is 5.56 Å². The van der Waals surface area contributed by atoms with Crippen molar-refractivity contribution in [2.24, 2.45) is 0 Å². The number of H-pyrrole nitrogens is 1. The Morgan fingerprint density at radius 3 is 2.48 bits per heavy atom. The van der Waals surface area contributed by atoms with Crippen molar-refractivity contribution in [2.45, 2.75) is 12.6 Å². The third-order valence-corrected chi connectivity index (χ3v) is 3.94. The smallest absolute Gasteiger partial charge is 0.435 e. The van der Waals surface area contributed by atoms with Crippen molar-refractivity contribution >= 4 is 27.5 Å². The van der Waals surface area contributed by atoms with E-state index >= 15 is 0 Å². The van der Waals surface area contributed by atoms with Crippen molar-refractivity contribution in [3.8, 4) is 11.1 Å². The molecule has 0 aliphatic rings. The Bertz CT molecular complexity index is 1020. The van der Waals surface area contributed by atoms with E-state index in [1.165, 1.54) is 12.1 Å². The second kappa shape index (κ2) is 6.03. The summed E-state index contributed by atoms with van der Waals surface area (Å²) in [4.78, 5) is 25.5. The molecule has 10 heteroatoms. The lowest BCUT2D eigenvalue weighted by Gasteiger charge is -2.07. The van der Waals surface area contributed by atoms with Gasteiger partial charge in [-0.25, -0.2) is 0 Å². The molecule has 2 N–H and O–H groups in total. The van der Waals surface area contributed by atoms with Gasteiger partial charge in [0.05, 0.1) is 12.0 Å². The predicted octanol–water partition coefficient (Wildman–Crippen LogP) is 3.10. The van der Waals surface area contributed by atoms with Gasteiger partial charge in [0.1, 0.15) is 5.65 Å². The molecule has 0 spiro atoms. The van der Waals surface area contributed by atoms with Crippen molar-refractivity contribution in [3.05, 3.63) is 56.5 Å². The number of carboxylic acids is 1. The van der Waals surface area contributed by atoms with Crippen LogP contribution in [0.4, 0.5) is 13.2 Å². The van der Waals surface area contributed by atoms with Crippen LogP contribution >= 0.6 is 15.9 Å². The zero-order valence-electron chi connectivity index (χ0n) is 12.3. The molecule has 3 aromatic rings. The van der Waals surface area contributed by atoms with Gasteiger partial charge in [-0.05, 0) is 17.7 Å². The normalized spacial score (nSPS) is 11.8. The van der Waals surface area contributed by atoms with Gasteiger partial charge in [0.25, 0.3) is 5.56 Å². The molecule has 130 valence electrons. The van der Waals surface area contributed by atoms with Crippen molar-refractivity contribution in [3.63, 3.8) is 0 Å². The first-order valence-electron chi connectivity index (χ1n) is 6.86. The van der Waals surface area contributed by atoms with E-state index in [4.69, 9.17) is 5.11 Å². The number of aliphatic carboxylic acids is 1. The van der Waals surface area contributed by atoms with Crippen LogP contribution in [-0.4, -0.2) is 25.7 Å². The van der Waals surface area contributed by atoms with Crippen molar-refractivity contribution < 1.29 is 23.1 Å². The van der Waals surface area contributed by atoms with Crippen molar-refractivity contribution in [2.75, 3.05) is 0 Å². The topological polar surface area (TPSA) is 87.5 Å². The molecular formula is C15H9BrF3N3O3. The Morgan fingerprint density at radius 2 is 1.92 bits per heavy atom. The van der Waals surface area contributed by atoms with Crippen LogP contribution in [0.3, 0.4) is 0 Å². The Balaban J connectivity index is 2.37. The summed E-state index contributed by atoms with van der Waals surface area (Å²) >= 11 is 3.20. The molecule has 0 bridgehead atoms. The van der Waals surface area contributed by atoms with E-state index in [1.54, 1.807) is 12.1 Å². The van der Waals surface area contributed by atoms with Gasteiger partial charge >= 0.3 is 12.1 Å². The summed E-state index contributed by atoms with van der Waals surface area (Å²) < 4.78 is 41.5. The molecule has 0 saturated heterocycles. The van der Waals surface area contributed by atoms with Crippen molar-refractivity contribution in [1.29, 1.82) is 0 Å². The molecule has 0 atom stereocenters. The summed E-state index contributed by atoms with van der Waals surface area (Å²) in [6.45, 7) is 0. The van der Waals surface area contributed by atoms with Gasteiger partial charge in [-0.2, -0.15) is 22.8 Å². The largest absolute Gasteiger partial charge is 0.481 e. The molecule has 6 nitrogen and oxygen atoms in total. The Morgan fingerprint density at radius 1 is 1.28 bits per heavy atom. The van der Waals surface area contributed by atoms with Gasteiger partial charge in [-0.1, -0.05) is 28.1 Å². The maximum absolute atomic E-state index is 13.4. The average molecular weight is 416 g/mol. The number of rotatable bonds is 3. The predicted molar refractivity (Wildman–Crippen MR) is 85.3 cm³/mol. The van der Waals surface area contributed by atoms with Crippen LogP contribution in [0.2, 0.25) is 0 Å². The Labute approximate surface area is 146 Å². The highest BCUT2D eigenvalue weighted by molar-refractivity contribution is 9.10. The quantitative estimate of drug-likeness (QED) is 0.687. The molecule has 0 aliphatic carbocycles. The summed E-state index contributed by atoms with van der Waals surface area (Å²) in [5, 5.41) is 12.2. The van der Waals surface area contributed by atoms with Gasteiger partial charge in [0.2, 0.25) is 0 Å². The summed E-state index contributed by atoms with van der Waals surface area (Å²) in [5.74, 6) is -1.22. The highest BCUT2D eigenvalue weighted by atomic mass is 79.9. The highest BCUT2D eigenvalue weighted by Gasteiger charge is 2.39. The van der Waals surface area contributed by atoms with Crippen LogP contribution in [0, 0.1) is 0 Å². The minimum atomic E-state index is -4.79. The zero-order chi connectivity index (χ0) is 18.4. The van der Waals surface area contributed by atoms with E-state index in [1.807, 2.05) is 0 Å². The number of nitrogens with zero attached hydrogens (tertiary/aromatic N) is 2. The lowest BCUT2D eigenvalue weighted by Crippen LogP contribution is -2.17. The van der Waals surface area contributed by atoms with Crippen LogP contribution in [-0.2, 0) is 17.4 Å². The second-order valence-corrected chi connectivity index (χ2v) is 6.11. The first-order valence-corrected chi connectivity index (χ1v) is 7.66. The number of aromatic nitrogens is 3. The summed E-state index contributed by atoms with van der Waals surface area (Å²) in [7, 11) is 0. The zero-order valence-corrected chi connectivity index (χ0v) is 13.8. The number of nitrogens with one attached hydrogen (secondary N) is 1. The summed E-state index contributed by atoms with van der Waals surface area (Å²) in [6, 6.07) is 6.91. The van der Waals surface area contributed by atoms with Crippen molar-refractivity contribution in [1.82, 2.24) is 14.6 Å². The molecule has 0 unspecified atom stereocenters. The van der Waals surface area contributed by atoms with E-state index in [0.717, 1.165) is 6.07 Å². The van der Waals surface area contributed by atoms with E-state index < -0.39 is 29.8 Å². The monoisotopic (exact) mass is 415 g/mol. The average Bonchev–Trinajstić information content (AvgIpc) is 2.87. The van der Waals surface area contributed by atoms with E-state index in [-0.39, 0.29) is 22.5 Å². The summed E-state index contributed by atoms with van der Waals surface area (Å²) in [5.41, 5.74) is -2.43. The lowest BCUT2D eigenvalue weighted by molar-refractivity contribution is -0.141. The molecular weight excluding hydrogens is 407 g/mol. The number of hydrogen-bond donors (Lipinski definition) is 2. The minimum Gasteiger partial charge on any atom is -0.481 e. The minimum absolute atomic E-state index is 0.0167. The van der Waals surface area contributed by atoms with E-state index in [2.05, 4.69) is 26.0 Å². The fourth-order valence-electron chi connectivity index (χ4n) is 2.44. The highest BCUT2D eigenvalue weighted by Crippen LogP contribution is 2.38. The molecule has 0 saturated carbocycles. The van der Waals surface area contributed by atoms with Gasteiger partial charge in [-0.15, -0.1) is 0 Å². The van der Waals surface area contributed by atoms with Crippen LogP contribution in [0.1, 0.15) is 11.4 Å². The summed E-state index contributed by atoms with van der Waals surface area (Å²) in [6.07, 6.45) is -5.32. The number of carboxylic acid groups (broad SMARTS) is 1. The maximum Gasteiger partial charge on any atom is 0.435 e. The third-order valence-electron chi connectivity index (χ3n) is 3.41. The van der Waals surface area contributed by atoms with Gasteiger partial charge in [-0.3, -0.25) is 9.59 Å². The van der Waals surface area contributed by atoms with Gasteiger partial charge < -0.3 is 10.1 Å². The molecule has 3 rings (SSSR count). The molecule has 0 fully saturated rings. The number of benzene rings is 1. The molecule has 0 amide bonds. The standard InChI is InChI=1S/C15H9BrF3N3O3/c16-8-3-1-7(2-4-8)12-13(15(17,18)19)21-22-10(23)5-9(6-11(24)25)20-14(12)22/h1-5,20H,6H2,(H,24,25). The molecule has 2 aromatic heterocycles. The molecule has 0 radical (unpaired) electrons. The fourth-order valence-corrected chi connectivity index (χ4v) is 2.70. The van der Waals surface area contributed by atoms with Crippen LogP contribution in [0.15, 0.2) is 39.6 Å². The van der Waals surface area contributed by atoms with Gasteiger partial charge in [0, 0.05) is 16.2 Å². The maximum atomic E-state index is 13.4. The SMILES string of the molecule is O=C(O)Cc1cc(=O)n2nc(C(F)(F)F)c(-c3ccc(Br)cc3)c2[nH]1. The fraction of sp³-hybridized carbons (Fsp3) is 0.133. The number of carbonyl (C=O) groups is 1. The molecule has 25 heavy (non-hydrogen) atoms.